The molecular weight excluding hydrogens is 208 g/mol. The maximum Gasteiger partial charge on any atom is 0.151 e. The van der Waals surface area contributed by atoms with Crippen molar-refractivity contribution in [2.75, 3.05) is 6.61 Å². The van der Waals surface area contributed by atoms with Gasteiger partial charge in [0.05, 0.1) is 5.60 Å². The summed E-state index contributed by atoms with van der Waals surface area (Å²) >= 11 is 1.52. The van der Waals surface area contributed by atoms with Crippen molar-refractivity contribution in [1.29, 1.82) is 5.41 Å². The lowest BCUT2D eigenvalue weighted by atomic mass is 9.80. The SMILES string of the molecule is N=C(N)SC1CCOC2(CCCCC2)C1. The van der Waals surface area contributed by atoms with Crippen LogP contribution in [0.1, 0.15) is 44.9 Å². The molecule has 1 unspecified atom stereocenters. The van der Waals surface area contributed by atoms with Gasteiger partial charge in [-0.1, -0.05) is 31.0 Å². The summed E-state index contributed by atoms with van der Waals surface area (Å²) in [5, 5.41) is 8.10. The third-order valence-corrected chi connectivity index (χ3v) is 4.50. The molecule has 2 fully saturated rings. The summed E-state index contributed by atoms with van der Waals surface area (Å²) in [5.74, 6) is 0. The van der Waals surface area contributed by atoms with Gasteiger partial charge in [-0.15, -0.1) is 0 Å². The van der Waals surface area contributed by atoms with Crippen molar-refractivity contribution < 1.29 is 4.74 Å². The smallest absolute Gasteiger partial charge is 0.151 e. The predicted octanol–water partition coefficient (Wildman–Crippen LogP) is 2.49. The first-order valence-electron chi connectivity index (χ1n) is 5.85. The Labute approximate surface area is 95.6 Å². The van der Waals surface area contributed by atoms with Crippen LogP contribution in [0.4, 0.5) is 0 Å². The zero-order valence-corrected chi connectivity index (χ0v) is 9.94. The monoisotopic (exact) mass is 228 g/mol. The van der Waals surface area contributed by atoms with E-state index in [9.17, 15) is 0 Å². The topological polar surface area (TPSA) is 59.1 Å². The molecule has 0 radical (unpaired) electrons. The van der Waals surface area contributed by atoms with Gasteiger partial charge in [0.2, 0.25) is 0 Å². The standard InChI is InChI=1S/C11H20N2OS/c12-10(13)15-9-4-7-14-11(8-9)5-2-1-3-6-11/h9H,1-8H2,(H3,12,13). The first-order chi connectivity index (χ1) is 7.20. The molecule has 0 amide bonds. The first kappa shape index (κ1) is 11.3. The van der Waals surface area contributed by atoms with Crippen molar-refractivity contribution in [1.82, 2.24) is 0 Å². The number of rotatable bonds is 1. The van der Waals surface area contributed by atoms with Crippen molar-refractivity contribution in [3.8, 4) is 0 Å². The maximum absolute atomic E-state index is 7.33. The molecule has 4 heteroatoms. The summed E-state index contributed by atoms with van der Waals surface area (Å²) in [6.45, 7) is 0.852. The van der Waals surface area contributed by atoms with Crippen molar-refractivity contribution >= 4 is 16.9 Å². The Kier molecular flexibility index (Phi) is 3.57. The summed E-state index contributed by atoms with van der Waals surface area (Å²) in [6, 6.07) is 0. The van der Waals surface area contributed by atoms with Gasteiger partial charge in [0.1, 0.15) is 0 Å². The van der Waals surface area contributed by atoms with Crippen LogP contribution in [-0.4, -0.2) is 22.6 Å². The molecule has 1 spiro atoms. The Morgan fingerprint density at radius 2 is 2.07 bits per heavy atom. The van der Waals surface area contributed by atoms with E-state index in [1.54, 1.807) is 0 Å². The van der Waals surface area contributed by atoms with E-state index in [1.165, 1.54) is 43.9 Å². The van der Waals surface area contributed by atoms with Crippen LogP contribution in [-0.2, 0) is 4.74 Å². The Hall–Kier alpha value is -0.220. The second kappa shape index (κ2) is 4.74. The molecular formula is C11H20N2OS. The van der Waals surface area contributed by atoms with E-state index in [0.29, 0.717) is 5.25 Å². The van der Waals surface area contributed by atoms with Gasteiger partial charge in [-0.25, -0.2) is 0 Å². The Balaban J connectivity index is 1.93. The number of nitrogens with two attached hydrogens (primary N) is 1. The van der Waals surface area contributed by atoms with Gasteiger partial charge in [0, 0.05) is 11.9 Å². The maximum atomic E-state index is 7.33. The van der Waals surface area contributed by atoms with Gasteiger partial charge in [0.25, 0.3) is 0 Å². The molecule has 1 heterocycles. The highest BCUT2D eigenvalue weighted by Gasteiger charge is 2.38. The average Bonchev–Trinajstić information content (AvgIpc) is 2.17. The van der Waals surface area contributed by atoms with E-state index in [4.69, 9.17) is 15.9 Å². The van der Waals surface area contributed by atoms with E-state index in [1.807, 2.05) is 0 Å². The molecule has 15 heavy (non-hydrogen) atoms. The van der Waals surface area contributed by atoms with E-state index in [2.05, 4.69) is 0 Å². The number of amidine groups is 1. The van der Waals surface area contributed by atoms with Gasteiger partial charge in [-0.2, -0.15) is 0 Å². The van der Waals surface area contributed by atoms with Crippen LogP contribution in [0.3, 0.4) is 0 Å². The van der Waals surface area contributed by atoms with Crippen LogP contribution in [0.15, 0.2) is 0 Å². The van der Waals surface area contributed by atoms with E-state index < -0.39 is 0 Å². The molecule has 1 aliphatic carbocycles. The molecule has 3 N–H and O–H groups in total. The quantitative estimate of drug-likeness (QED) is 0.535. The molecule has 3 nitrogen and oxygen atoms in total. The van der Waals surface area contributed by atoms with Gasteiger partial charge >= 0.3 is 0 Å². The average molecular weight is 228 g/mol. The fourth-order valence-corrected chi connectivity index (χ4v) is 3.77. The van der Waals surface area contributed by atoms with Crippen molar-refractivity contribution in [3.05, 3.63) is 0 Å². The molecule has 2 rings (SSSR count). The van der Waals surface area contributed by atoms with Crippen LogP contribution in [0.5, 0.6) is 0 Å². The largest absolute Gasteiger partial charge is 0.379 e. The van der Waals surface area contributed by atoms with Gasteiger partial charge < -0.3 is 10.5 Å². The summed E-state index contributed by atoms with van der Waals surface area (Å²) in [6.07, 6.45) is 8.53. The third-order valence-electron chi connectivity index (χ3n) is 3.51. The van der Waals surface area contributed by atoms with Crippen LogP contribution in [0.25, 0.3) is 0 Å². The fraction of sp³-hybridized carbons (Fsp3) is 0.909. The molecule has 1 aliphatic heterocycles. The zero-order chi connectivity index (χ0) is 10.7. The highest BCUT2D eigenvalue weighted by atomic mass is 32.2. The van der Waals surface area contributed by atoms with Crippen molar-refractivity contribution in [3.63, 3.8) is 0 Å². The second-order valence-electron chi connectivity index (χ2n) is 4.69. The molecule has 1 atom stereocenters. The molecule has 2 aliphatic rings. The van der Waals surface area contributed by atoms with Crippen molar-refractivity contribution in [2.45, 2.75) is 55.8 Å². The Morgan fingerprint density at radius 1 is 1.33 bits per heavy atom. The first-order valence-corrected chi connectivity index (χ1v) is 6.73. The van der Waals surface area contributed by atoms with Crippen LogP contribution in [0.2, 0.25) is 0 Å². The number of hydrogen-bond donors (Lipinski definition) is 2. The number of ether oxygens (including phenoxy) is 1. The molecule has 86 valence electrons. The molecule has 0 aromatic heterocycles. The molecule has 1 saturated heterocycles. The lowest BCUT2D eigenvalue weighted by molar-refractivity contribution is -0.0970. The molecule has 0 bridgehead atoms. The fourth-order valence-electron chi connectivity index (χ4n) is 2.81. The van der Waals surface area contributed by atoms with Crippen LogP contribution < -0.4 is 5.73 Å². The summed E-state index contributed by atoms with van der Waals surface area (Å²) < 4.78 is 5.99. The molecule has 0 aromatic carbocycles. The number of thioether (sulfide) groups is 1. The van der Waals surface area contributed by atoms with Crippen LogP contribution >= 0.6 is 11.8 Å². The lowest BCUT2D eigenvalue weighted by Crippen LogP contribution is -2.42. The molecule has 0 aromatic rings. The lowest BCUT2D eigenvalue weighted by Gasteiger charge is -2.43. The van der Waals surface area contributed by atoms with Crippen LogP contribution in [0, 0.1) is 5.41 Å². The normalized spacial score (nSPS) is 30.3. The minimum Gasteiger partial charge on any atom is -0.379 e. The predicted molar refractivity (Wildman–Crippen MR) is 64.3 cm³/mol. The Morgan fingerprint density at radius 3 is 2.73 bits per heavy atom. The Bertz CT molecular complexity index is 233. The minimum atomic E-state index is 0.142. The molecule has 1 saturated carbocycles. The van der Waals surface area contributed by atoms with Gasteiger partial charge in [-0.05, 0) is 25.7 Å². The second-order valence-corrected chi connectivity index (χ2v) is 6.03. The van der Waals surface area contributed by atoms with Gasteiger partial charge in [0.15, 0.2) is 5.17 Å². The number of nitrogens with one attached hydrogen (secondary N) is 1. The summed E-state index contributed by atoms with van der Waals surface area (Å²) in [5.41, 5.74) is 5.59. The highest BCUT2D eigenvalue weighted by molar-refractivity contribution is 8.14. The third kappa shape index (κ3) is 2.88. The van der Waals surface area contributed by atoms with Crippen molar-refractivity contribution in [2.24, 2.45) is 5.73 Å². The summed E-state index contributed by atoms with van der Waals surface area (Å²) in [4.78, 5) is 0. The zero-order valence-electron chi connectivity index (χ0n) is 9.13. The van der Waals surface area contributed by atoms with E-state index in [-0.39, 0.29) is 10.8 Å². The van der Waals surface area contributed by atoms with E-state index >= 15 is 0 Å². The highest BCUT2D eigenvalue weighted by Crippen LogP contribution is 2.41. The summed E-state index contributed by atoms with van der Waals surface area (Å²) in [7, 11) is 0. The minimum absolute atomic E-state index is 0.142. The van der Waals surface area contributed by atoms with E-state index in [0.717, 1.165) is 19.4 Å². The number of hydrogen-bond acceptors (Lipinski definition) is 3. The van der Waals surface area contributed by atoms with Gasteiger partial charge in [-0.3, -0.25) is 5.41 Å².